The molecule has 0 bridgehead atoms. The van der Waals surface area contributed by atoms with Gasteiger partial charge >= 0.3 is 0 Å². The normalized spacial score (nSPS) is 14.4. The maximum absolute atomic E-state index is 13.5. The van der Waals surface area contributed by atoms with Crippen molar-refractivity contribution in [2.75, 3.05) is 17.7 Å². The summed E-state index contributed by atoms with van der Waals surface area (Å²) in [5, 5.41) is 22.4. The Bertz CT molecular complexity index is 1500. The van der Waals surface area contributed by atoms with Crippen molar-refractivity contribution in [3.8, 4) is 5.75 Å². The Labute approximate surface area is 222 Å². The number of benzene rings is 3. The second kappa shape index (κ2) is 10.8. The van der Waals surface area contributed by atoms with E-state index in [9.17, 15) is 14.9 Å². The summed E-state index contributed by atoms with van der Waals surface area (Å²) in [6.07, 6.45) is 0. The molecule has 3 aromatic carbocycles. The molecule has 2 heterocycles. The van der Waals surface area contributed by atoms with Gasteiger partial charge in [0.2, 0.25) is 11.1 Å². The van der Waals surface area contributed by atoms with Gasteiger partial charge in [0.25, 0.3) is 11.6 Å². The smallest absolute Gasteiger partial charge is 0.269 e. The largest absolute Gasteiger partial charge is 0.497 e. The van der Waals surface area contributed by atoms with Crippen LogP contribution in [-0.4, -0.2) is 32.7 Å². The molecule has 5 rings (SSSR count). The van der Waals surface area contributed by atoms with E-state index < -0.39 is 11.0 Å². The lowest BCUT2D eigenvalue weighted by Gasteiger charge is -2.28. The van der Waals surface area contributed by atoms with Crippen LogP contribution in [0.4, 0.5) is 17.3 Å². The molecule has 0 saturated carbocycles. The van der Waals surface area contributed by atoms with E-state index in [0.29, 0.717) is 39.6 Å². The molecule has 0 aliphatic carbocycles. The topological polar surface area (TPSA) is 124 Å². The van der Waals surface area contributed by atoms with E-state index >= 15 is 0 Å². The van der Waals surface area contributed by atoms with Crippen molar-refractivity contribution in [2.24, 2.45) is 0 Å². The Kier molecular flexibility index (Phi) is 7.09. The number of carbonyl (C=O) groups excluding carboxylic acids is 1. The zero-order valence-corrected chi connectivity index (χ0v) is 21.4. The summed E-state index contributed by atoms with van der Waals surface area (Å²) in [4.78, 5) is 28.7. The molecular formula is C27H24N6O4S. The van der Waals surface area contributed by atoms with Crippen molar-refractivity contribution in [3.05, 3.63) is 111 Å². The molecule has 1 amide bonds. The lowest BCUT2D eigenvalue weighted by atomic mass is 9.95. The minimum absolute atomic E-state index is 0.0451. The summed E-state index contributed by atoms with van der Waals surface area (Å²) >= 11 is 1.41. The summed E-state index contributed by atoms with van der Waals surface area (Å²) in [6, 6.07) is 22.7. The van der Waals surface area contributed by atoms with Gasteiger partial charge in [0.1, 0.15) is 11.8 Å². The highest BCUT2D eigenvalue weighted by molar-refractivity contribution is 7.98. The van der Waals surface area contributed by atoms with Crippen LogP contribution >= 0.6 is 11.8 Å². The Hall–Kier alpha value is -4.64. The van der Waals surface area contributed by atoms with Gasteiger partial charge in [-0.1, -0.05) is 54.2 Å². The van der Waals surface area contributed by atoms with E-state index in [4.69, 9.17) is 9.84 Å². The first-order valence-corrected chi connectivity index (χ1v) is 12.7. The SMILES string of the molecule is COc1ccc(C2C(C(=O)Nc3ccccc3)=C(C)Nc3nc(SCc4ccc([N+](=O)[O-])cc4)nn32)cc1. The summed E-state index contributed by atoms with van der Waals surface area (Å²) in [5.74, 6) is 1.51. The summed E-state index contributed by atoms with van der Waals surface area (Å²) < 4.78 is 7.04. The van der Waals surface area contributed by atoms with Crippen molar-refractivity contribution in [2.45, 2.75) is 23.9 Å². The minimum Gasteiger partial charge on any atom is -0.497 e. The summed E-state index contributed by atoms with van der Waals surface area (Å²) in [6.45, 7) is 1.85. The van der Waals surface area contributed by atoms with Crippen LogP contribution in [0, 0.1) is 10.1 Å². The maximum Gasteiger partial charge on any atom is 0.269 e. The molecule has 2 N–H and O–H groups in total. The number of methoxy groups -OCH3 is 1. The summed E-state index contributed by atoms with van der Waals surface area (Å²) in [5.41, 5.74) is 3.68. The van der Waals surface area contributed by atoms with Crippen LogP contribution in [0.3, 0.4) is 0 Å². The monoisotopic (exact) mass is 528 g/mol. The Morgan fingerprint density at radius 3 is 2.47 bits per heavy atom. The molecule has 11 heteroatoms. The number of nitrogens with one attached hydrogen (secondary N) is 2. The third kappa shape index (κ3) is 5.23. The molecule has 1 aromatic heterocycles. The quantitative estimate of drug-likeness (QED) is 0.177. The van der Waals surface area contributed by atoms with Gasteiger partial charge in [0, 0.05) is 29.3 Å². The number of ether oxygens (including phenoxy) is 1. The van der Waals surface area contributed by atoms with Crippen LogP contribution in [-0.2, 0) is 10.5 Å². The van der Waals surface area contributed by atoms with Crippen molar-refractivity contribution in [1.29, 1.82) is 0 Å². The Balaban J connectivity index is 1.45. The zero-order valence-electron chi connectivity index (χ0n) is 20.6. The Morgan fingerprint density at radius 1 is 1.11 bits per heavy atom. The number of anilines is 2. The van der Waals surface area contributed by atoms with Crippen LogP contribution in [0.25, 0.3) is 0 Å². The fraction of sp³-hybridized carbons (Fsp3) is 0.148. The average molecular weight is 529 g/mol. The molecule has 1 unspecified atom stereocenters. The van der Waals surface area contributed by atoms with Gasteiger partial charge in [-0.25, -0.2) is 4.68 Å². The van der Waals surface area contributed by atoms with Gasteiger partial charge in [-0.05, 0) is 42.3 Å². The van der Waals surface area contributed by atoms with Crippen molar-refractivity contribution >= 4 is 35.0 Å². The predicted molar refractivity (Wildman–Crippen MR) is 145 cm³/mol. The number of nitro groups is 1. The van der Waals surface area contributed by atoms with Crippen LogP contribution in [0.5, 0.6) is 5.75 Å². The fourth-order valence-corrected chi connectivity index (χ4v) is 4.95. The van der Waals surface area contributed by atoms with Crippen LogP contribution < -0.4 is 15.4 Å². The molecular weight excluding hydrogens is 504 g/mol. The number of aromatic nitrogens is 3. The first kappa shape index (κ1) is 25.0. The third-order valence-corrected chi connectivity index (χ3v) is 6.96. The zero-order chi connectivity index (χ0) is 26.6. The second-order valence-corrected chi connectivity index (χ2v) is 9.48. The highest BCUT2D eigenvalue weighted by Gasteiger charge is 2.34. The molecule has 192 valence electrons. The number of thioether (sulfide) groups is 1. The van der Waals surface area contributed by atoms with E-state index in [2.05, 4.69) is 15.6 Å². The number of rotatable bonds is 8. The fourth-order valence-electron chi connectivity index (χ4n) is 4.16. The lowest BCUT2D eigenvalue weighted by molar-refractivity contribution is -0.384. The van der Waals surface area contributed by atoms with E-state index in [-0.39, 0.29) is 11.6 Å². The number of allylic oxidation sites excluding steroid dienone is 1. The van der Waals surface area contributed by atoms with Gasteiger partial charge in [0.05, 0.1) is 17.6 Å². The average Bonchev–Trinajstić information content (AvgIpc) is 3.34. The third-order valence-electron chi connectivity index (χ3n) is 6.06. The summed E-state index contributed by atoms with van der Waals surface area (Å²) in [7, 11) is 1.60. The molecule has 0 fully saturated rings. The second-order valence-electron chi connectivity index (χ2n) is 8.53. The molecule has 1 aliphatic heterocycles. The first-order valence-electron chi connectivity index (χ1n) is 11.7. The van der Waals surface area contributed by atoms with Gasteiger partial charge < -0.3 is 15.4 Å². The van der Waals surface area contributed by atoms with Gasteiger partial charge in [-0.3, -0.25) is 14.9 Å². The van der Waals surface area contributed by atoms with Crippen LogP contribution in [0.1, 0.15) is 24.1 Å². The van der Waals surface area contributed by atoms with Crippen LogP contribution in [0.2, 0.25) is 0 Å². The number of non-ortho nitro benzene ring substituents is 1. The molecule has 1 aliphatic rings. The number of nitro benzene ring substituents is 1. The van der Waals surface area contributed by atoms with Gasteiger partial charge in [-0.15, -0.1) is 5.10 Å². The predicted octanol–water partition coefficient (Wildman–Crippen LogP) is 5.41. The Morgan fingerprint density at radius 2 is 1.82 bits per heavy atom. The molecule has 0 saturated heterocycles. The lowest BCUT2D eigenvalue weighted by Crippen LogP contribution is -2.31. The van der Waals surface area contributed by atoms with E-state index in [1.54, 1.807) is 23.9 Å². The standard InChI is InChI=1S/C27H24N6O4S/c1-17-23(25(34)29-20-6-4-3-5-7-20)24(19-10-14-22(37-2)15-11-19)32-26(28-17)30-27(31-32)38-16-18-8-12-21(13-9-18)33(35)36/h3-15,24H,16H2,1-2H3,(H,29,34)(H,28,30,31). The number of amides is 1. The molecule has 1 atom stereocenters. The van der Waals surface area contributed by atoms with E-state index in [0.717, 1.165) is 11.1 Å². The van der Waals surface area contributed by atoms with Gasteiger partial charge in [0.15, 0.2) is 0 Å². The highest BCUT2D eigenvalue weighted by Crippen LogP contribution is 2.37. The molecule has 0 spiro atoms. The number of nitrogens with zero attached hydrogens (tertiary/aromatic N) is 4. The number of hydrogen-bond donors (Lipinski definition) is 2. The number of para-hydroxylation sites is 1. The van der Waals surface area contributed by atoms with Gasteiger partial charge in [-0.2, -0.15) is 4.98 Å². The number of fused-ring (bicyclic) bond motifs is 1. The molecule has 4 aromatic rings. The number of carbonyl (C=O) groups is 1. The van der Waals surface area contributed by atoms with Crippen molar-refractivity contribution in [1.82, 2.24) is 14.8 Å². The van der Waals surface area contributed by atoms with E-state index in [1.165, 1.54) is 23.9 Å². The maximum atomic E-state index is 13.5. The molecule has 38 heavy (non-hydrogen) atoms. The molecule has 0 radical (unpaired) electrons. The minimum atomic E-state index is -0.526. The van der Waals surface area contributed by atoms with Crippen LogP contribution in [0.15, 0.2) is 95.3 Å². The van der Waals surface area contributed by atoms with Crippen molar-refractivity contribution in [3.63, 3.8) is 0 Å². The molecule has 10 nitrogen and oxygen atoms in total. The highest BCUT2D eigenvalue weighted by atomic mass is 32.2. The number of hydrogen-bond acceptors (Lipinski definition) is 8. The van der Waals surface area contributed by atoms with Crippen molar-refractivity contribution < 1.29 is 14.5 Å². The first-order chi connectivity index (χ1) is 18.4. The van der Waals surface area contributed by atoms with E-state index in [1.807, 2.05) is 61.5 Å².